The van der Waals surface area contributed by atoms with Crippen LogP contribution in [-0.4, -0.2) is 54.4 Å². The Morgan fingerprint density at radius 2 is 2.03 bits per heavy atom. The molecule has 0 aliphatic rings. The first-order chi connectivity index (χ1) is 14.7. The van der Waals surface area contributed by atoms with Gasteiger partial charge in [-0.1, -0.05) is 29.8 Å². The Balaban J connectivity index is 1.96. The highest BCUT2D eigenvalue weighted by Crippen LogP contribution is 2.29. The maximum absolute atomic E-state index is 12.9. The number of aryl methyl sites for hydroxylation is 1. The summed E-state index contributed by atoms with van der Waals surface area (Å²) in [6, 6.07) is 8.34. The zero-order valence-corrected chi connectivity index (χ0v) is 18.7. The highest BCUT2D eigenvalue weighted by Gasteiger charge is 2.22. The van der Waals surface area contributed by atoms with Crippen molar-refractivity contribution in [2.75, 3.05) is 19.4 Å². The van der Waals surface area contributed by atoms with Crippen molar-refractivity contribution in [3.8, 4) is 11.3 Å². The summed E-state index contributed by atoms with van der Waals surface area (Å²) in [5, 5.41) is 7.22. The first-order valence-corrected chi connectivity index (χ1v) is 11.0. The van der Waals surface area contributed by atoms with Crippen molar-refractivity contribution in [2.24, 2.45) is 11.4 Å². The van der Waals surface area contributed by atoms with Crippen LogP contribution in [0.4, 0.5) is 5.69 Å². The van der Waals surface area contributed by atoms with Gasteiger partial charge in [-0.25, -0.2) is 0 Å². The van der Waals surface area contributed by atoms with Crippen molar-refractivity contribution in [1.29, 1.82) is 0 Å². The zero-order valence-electron chi connectivity index (χ0n) is 17.2. The Labute approximate surface area is 185 Å². The van der Waals surface area contributed by atoms with Crippen LogP contribution in [0.3, 0.4) is 0 Å². The minimum atomic E-state index is -4.09. The summed E-state index contributed by atoms with van der Waals surface area (Å²) in [5.74, 6) is -0.357. The van der Waals surface area contributed by atoms with Crippen LogP contribution in [-0.2, 0) is 28.3 Å². The molecule has 0 radical (unpaired) electrons. The number of benzene rings is 1. The number of sulfonamides is 1. The number of anilines is 1. The number of amides is 1. The van der Waals surface area contributed by atoms with Gasteiger partial charge in [-0.3, -0.25) is 14.5 Å². The van der Waals surface area contributed by atoms with Gasteiger partial charge in [0, 0.05) is 37.9 Å². The van der Waals surface area contributed by atoms with E-state index in [-0.39, 0.29) is 28.6 Å². The minimum absolute atomic E-state index is 0.0326. The summed E-state index contributed by atoms with van der Waals surface area (Å²) in [6.07, 6.45) is 5.76. The van der Waals surface area contributed by atoms with Gasteiger partial charge in [-0.15, -0.1) is 4.40 Å². The largest absolute Gasteiger partial charge is 0.368 e. The van der Waals surface area contributed by atoms with Gasteiger partial charge < -0.3 is 10.2 Å². The van der Waals surface area contributed by atoms with E-state index in [4.69, 9.17) is 11.6 Å². The van der Waals surface area contributed by atoms with Crippen LogP contribution in [0.2, 0.25) is 5.02 Å². The van der Waals surface area contributed by atoms with Crippen molar-refractivity contribution in [3.63, 3.8) is 0 Å². The molecule has 0 bridgehead atoms. The third kappa shape index (κ3) is 5.68. The van der Waals surface area contributed by atoms with Gasteiger partial charge in [0.1, 0.15) is 11.2 Å². The first-order valence-electron chi connectivity index (χ1n) is 9.15. The average molecular weight is 461 g/mol. The highest BCUT2D eigenvalue weighted by molar-refractivity contribution is 7.90. The van der Waals surface area contributed by atoms with Crippen LogP contribution in [0, 0.1) is 0 Å². The molecule has 0 saturated heterocycles. The fourth-order valence-corrected chi connectivity index (χ4v) is 4.02. The molecule has 31 heavy (non-hydrogen) atoms. The zero-order chi connectivity index (χ0) is 22.6. The number of halogens is 1. The van der Waals surface area contributed by atoms with Crippen LogP contribution >= 0.6 is 11.6 Å². The molecule has 3 aromatic rings. The van der Waals surface area contributed by atoms with E-state index in [0.29, 0.717) is 16.1 Å². The van der Waals surface area contributed by atoms with Crippen LogP contribution < -0.4 is 5.32 Å². The second-order valence-electron chi connectivity index (χ2n) is 6.95. The molecule has 0 saturated carbocycles. The SMILES string of the molecule is CN(C)/C=N/S(=O)(=O)c1cc(NC(=O)Cc2ccccc2Cl)cnc1-c1cnn(C)c1. The number of rotatable bonds is 7. The molecule has 0 fully saturated rings. The number of nitrogens with one attached hydrogen (secondary N) is 1. The fraction of sp³-hybridized carbons (Fsp3) is 0.200. The molecule has 1 aromatic carbocycles. The van der Waals surface area contributed by atoms with E-state index in [1.165, 1.54) is 34.4 Å². The first kappa shape index (κ1) is 22.4. The lowest BCUT2D eigenvalue weighted by atomic mass is 10.1. The average Bonchev–Trinajstić information content (AvgIpc) is 3.14. The van der Waals surface area contributed by atoms with Crippen LogP contribution in [0.25, 0.3) is 11.3 Å². The Bertz CT molecular complexity index is 1240. The second kappa shape index (κ2) is 9.27. The van der Waals surface area contributed by atoms with Crippen molar-refractivity contribution < 1.29 is 13.2 Å². The van der Waals surface area contributed by atoms with Crippen LogP contribution in [0.15, 0.2) is 58.2 Å². The lowest BCUT2D eigenvalue weighted by Gasteiger charge is -2.11. The van der Waals surface area contributed by atoms with Crippen molar-refractivity contribution in [3.05, 3.63) is 59.5 Å². The number of aromatic nitrogens is 3. The molecule has 0 unspecified atom stereocenters. The molecule has 1 N–H and O–H groups in total. The maximum Gasteiger partial charge on any atom is 0.285 e. The lowest BCUT2D eigenvalue weighted by Crippen LogP contribution is -2.16. The topological polar surface area (TPSA) is 110 Å². The van der Waals surface area contributed by atoms with E-state index >= 15 is 0 Å². The van der Waals surface area contributed by atoms with E-state index in [1.807, 2.05) is 0 Å². The third-order valence-corrected chi connectivity index (χ3v) is 5.73. The summed E-state index contributed by atoms with van der Waals surface area (Å²) in [5.41, 5.74) is 1.58. The Morgan fingerprint density at radius 3 is 2.68 bits per heavy atom. The fourth-order valence-electron chi connectivity index (χ4n) is 2.70. The summed E-state index contributed by atoms with van der Waals surface area (Å²) in [7, 11) is 0.935. The van der Waals surface area contributed by atoms with Gasteiger partial charge >= 0.3 is 0 Å². The van der Waals surface area contributed by atoms with Gasteiger partial charge in [0.2, 0.25) is 5.91 Å². The Hall–Kier alpha value is -3.24. The number of carbonyl (C=O) groups is 1. The quantitative estimate of drug-likeness (QED) is 0.428. The summed E-state index contributed by atoms with van der Waals surface area (Å²) >= 11 is 6.11. The summed E-state index contributed by atoms with van der Waals surface area (Å²) < 4.78 is 31.0. The number of pyridine rings is 1. The molecule has 9 nitrogen and oxygen atoms in total. The number of nitrogens with zero attached hydrogens (tertiary/aromatic N) is 5. The van der Waals surface area contributed by atoms with E-state index in [9.17, 15) is 13.2 Å². The smallest absolute Gasteiger partial charge is 0.285 e. The molecule has 0 spiro atoms. The van der Waals surface area contributed by atoms with E-state index in [0.717, 1.165) is 0 Å². The molecule has 11 heteroatoms. The molecule has 1 amide bonds. The third-order valence-electron chi connectivity index (χ3n) is 4.12. The van der Waals surface area contributed by atoms with Gasteiger partial charge in [0.05, 0.1) is 30.2 Å². The molecule has 0 atom stereocenters. The van der Waals surface area contributed by atoms with Crippen molar-refractivity contribution in [2.45, 2.75) is 11.3 Å². The molecule has 0 aliphatic heterocycles. The number of hydrogen-bond donors (Lipinski definition) is 1. The Kier molecular flexibility index (Phi) is 6.71. The number of carbonyl (C=O) groups excluding carboxylic acids is 1. The predicted molar refractivity (Wildman–Crippen MR) is 120 cm³/mol. The van der Waals surface area contributed by atoms with Crippen molar-refractivity contribution in [1.82, 2.24) is 19.7 Å². The maximum atomic E-state index is 12.9. The van der Waals surface area contributed by atoms with E-state index in [2.05, 4.69) is 19.8 Å². The highest BCUT2D eigenvalue weighted by atomic mass is 35.5. The number of hydrogen-bond acceptors (Lipinski definition) is 5. The standard InChI is InChI=1S/C20H21ClN6O3S/c1-26(2)13-24-31(29,30)18-9-16(11-22-20(18)15-10-23-27(3)12-15)25-19(28)8-14-6-4-5-7-17(14)21/h4-7,9-13H,8H2,1-3H3,(H,25,28)/b24-13+. The van der Waals surface area contributed by atoms with Gasteiger partial charge in [0.15, 0.2) is 0 Å². The molecular formula is C20H21ClN6O3S. The Morgan fingerprint density at radius 1 is 1.29 bits per heavy atom. The monoisotopic (exact) mass is 460 g/mol. The van der Waals surface area contributed by atoms with Crippen LogP contribution in [0.1, 0.15) is 5.56 Å². The van der Waals surface area contributed by atoms with E-state index in [1.54, 1.807) is 51.6 Å². The van der Waals surface area contributed by atoms with Gasteiger partial charge in [0.25, 0.3) is 10.0 Å². The van der Waals surface area contributed by atoms with Gasteiger partial charge in [-0.2, -0.15) is 13.5 Å². The molecule has 3 rings (SSSR count). The molecule has 2 heterocycles. The van der Waals surface area contributed by atoms with Crippen LogP contribution in [0.5, 0.6) is 0 Å². The minimum Gasteiger partial charge on any atom is -0.368 e. The summed E-state index contributed by atoms with van der Waals surface area (Å²) in [4.78, 5) is 18.1. The molecule has 162 valence electrons. The second-order valence-corrected chi connectivity index (χ2v) is 8.96. The molecular weight excluding hydrogens is 440 g/mol. The molecule has 0 aliphatic carbocycles. The lowest BCUT2D eigenvalue weighted by molar-refractivity contribution is -0.115. The van der Waals surface area contributed by atoms with E-state index < -0.39 is 10.0 Å². The summed E-state index contributed by atoms with van der Waals surface area (Å²) in [6.45, 7) is 0. The normalized spacial score (nSPS) is 11.6. The molecule has 2 aromatic heterocycles. The van der Waals surface area contributed by atoms with Crippen molar-refractivity contribution >= 4 is 39.6 Å². The predicted octanol–water partition coefficient (Wildman–Crippen LogP) is 2.60. The van der Waals surface area contributed by atoms with Gasteiger partial charge in [-0.05, 0) is 17.7 Å².